The molecule has 1 aliphatic rings. The molecule has 1 aromatic rings. The maximum absolute atomic E-state index is 8.87. The van der Waals surface area contributed by atoms with E-state index in [9.17, 15) is 0 Å². The van der Waals surface area contributed by atoms with Crippen LogP contribution in [0.1, 0.15) is 18.1 Å². The Balaban J connectivity index is 2.44. The summed E-state index contributed by atoms with van der Waals surface area (Å²) in [6.07, 6.45) is 1.61. The summed E-state index contributed by atoms with van der Waals surface area (Å²) in [5, 5.41) is 12.2. The fourth-order valence-electron chi connectivity index (χ4n) is 2.13. The first kappa shape index (κ1) is 10.0. The highest BCUT2D eigenvalue weighted by molar-refractivity contribution is 5.90. The zero-order valence-corrected chi connectivity index (χ0v) is 9.03. The van der Waals surface area contributed by atoms with Gasteiger partial charge in [0.05, 0.1) is 12.8 Å². The zero-order chi connectivity index (χ0) is 10.8. The summed E-state index contributed by atoms with van der Waals surface area (Å²) in [5.41, 5.74) is 3.32. The number of ether oxygens (including phenoxy) is 1. The van der Waals surface area contributed by atoms with Gasteiger partial charge in [-0.1, -0.05) is 24.2 Å². The van der Waals surface area contributed by atoms with Gasteiger partial charge in [0.15, 0.2) is 0 Å². The van der Waals surface area contributed by atoms with E-state index < -0.39 is 0 Å². The van der Waals surface area contributed by atoms with Crippen LogP contribution in [0.2, 0.25) is 0 Å². The van der Waals surface area contributed by atoms with Crippen LogP contribution in [0.15, 0.2) is 23.4 Å². The number of nitrogens with zero attached hydrogens (tertiary/aromatic N) is 1. The molecular weight excluding hydrogens is 190 g/mol. The summed E-state index contributed by atoms with van der Waals surface area (Å²) in [6.45, 7) is 2.07. The third-order valence-corrected chi connectivity index (χ3v) is 3.03. The van der Waals surface area contributed by atoms with E-state index >= 15 is 0 Å². The van der Waals surface area contributed by atoms with Crippen LogP contribution < -0.4 is 4.74 Å². The molecule has 0 radical (unpaired) electrons. The molecule has 0 aromatic heterocycles. The van der Waals surface area contributed by atoms with Crippen molar-refractivity contribution in [3.8, 4) is 5.75 Å². The third-order valence-electron chi connectivity index (χ3n) is 3.03. The number of hydrogen-bond donors (Lipinski definition) is 1. The molecule has 3 heteroatoms. The average molecular weight is 205 g/mol. The highest BCUT2D eigenvalue weighted by Crippen LogP contribution is 2.30. The molecule has 0 fully saturated rings. The third kappa shape index (κ3) is 1.69. The molecule has 2 rings (SSSR count). The lowest BCUT2D eigenvalue weighted by Crippen LogP contribution is -2.23. The van der Waals surface area contributed by atoms with Gasteiger partial charge < -0.3 is 9.94 Å². The van der Waals surface area contributed by atoms with Crippen LogP contribution in [-0.4, -0.2) is 18.0 Å². The van der Waals surface area contributed by atoms with Gasteiger partial charge in [-0.3, -0.25) is 0 Å². The summed E-state index contributed by atoms with van der Waals surface area (Å²) in [5.74, 6) is 1.23. The van der Waals surface area contributed by atoms with Crippen molar-refractivity contribution in [2.24, 2.45) is 11.1 Å². The molecule has 0 saturated carbocycles. The van der Waals surface area contributed by atoms with E-state index in [1.165, 1.54) is 11.1 Å². The maximum Gasteiger partial charge on any atom is 0.122 e. The van der Waals surface area contributed by atoms with Gasteiger partial charge >= 0.3 is 0 Å². The smallest absolute Gasteiger partial charge is 0.122 e. The molecule has 1 unspecified atom stereocenters. The standard InChI is InChI=1S/C12H15NO2/c1-8-6-10-9(7-11(8)13-14)4-3-5-12(10)15-2/h3-5,8,14H,6-7H2,1-2H3/b13-11-. The lowest BCUT2D eigenvalue weighted by atomic mass is 9.83. The topological polar surface area (TPSA) is 41.8 Å². The predicted octanol–water partition coefficient (Wildman–Crippen LogP) is 2.26. The first-order valence-electron chi connectivity index (χ1n) is 5.11. The number of fused-ring (bicyclic) bond motifs is 1. The van der Waals surface area contributed by atoms with Gasteiger partial charge in [0, 0.05) is 12.3 Å². The van der Waals surface area contributed by atoms with E-state index in [0.29, 0.717) is 5.92 Å². The quantitative estimate of drug-likeness (QED) is 0.564. The molecule has 0 saturated heterocycles. The second kappa shape index (κ2) is 3.93. The van der Waals surface area contributed by atoms with Crippen molar-refractivity contribution in [3.63, 3.8) is 0 Å². The van der Waals surface area contributed by atoms with Crippen LogP contribution in [0, 0.1) is 5.92 Å². The molecule has 1 N–H and O–H groups in total. The Morgan fingerprint density at radius 3 is 2.93 bits per heavy atom. The normalized spacial score (nSPS) is 22.5. The number of oxime groups is 1. The van der Waals surface area contributed by atoms with E-state index in [-0.39, 0.29) is 0 Å². The van der Waals surface area contributed by atoms with Gasteiger partial charge in [-0.25, -0.2) is 0 Å². The van der Waals surface area contributed by atoms with Crippen LogP contribution >= 0.6 is 0 Å². The molecule has 1 aromatic carbocycles. The van der Waals surface area contributed by atoms with Crippen molar-refractivity contribution in [3.05, 3.63) is 29.3 Å². The van der Waals surface area contributed by atoms with Crippen molar-refractivity contribution in [1.82, 2.24) is 0 Å². The Bertz CT molecular complexity index is 399. The first-order valence-corrected chi connectivity index (χ1v) is 5.11. The zero-order valence-electron chi connectivity index (χ0n) is 9.03. The minimum atomic E-state index is 0.291. The lowest BCUT2D eigenvalue weighted by molar-refractivity contribution is 0.313. The van der Waals surface area contributed by atoms with E-state index in [2.05, 4.69) is 18.1 Å². The molecule has 0 amide bonds. The van der Waals surface area contributed by atoms with E-state index in [4.69, 9.17) is 9.94 Å². The number of benzene rings is 1. The molecule has 15 heavy (non-hydrogen) atoms. The molecule has 3 nitrogen and oxygen atoms in total. The molecule has 0 aliphatic heterocycles. The Hall–Kier alpha value is -1.51. The minimum absolute atomic E-state index is 0.291. The van der Waals surface area contributed by atoms with Gasteiger partial charge in [-0.2, -0.15) is 0 Å². The Morgan fingerprint density at radius 1 is 1.47 bits per heavy atom. The van der Waals surface area contributed by atoms with Gasteiger partial charge in [0.2, 0.25) is 0 Å². The number of methoxy groups -OCH3 is 1. The lowest BCUT2D eigenvalue weighted by Gasteiger charge is -2.24. The summed E-state index contributed by atoms with van der Waals surface area (Å²) < 4.78 is 5.33. The second-order valence-corrected chi connectivity index (χ2v) is 3.97. The largest absolute Gasteiger partial charge is 0.496 e. The van der Waals surface area contributed by atoms with Crippen LogP contribution in [0.4, 0.5) is 0 Å². The van der Waals surface area contributed by atoms with E-state index in [0.717, 1.165) is 24.3 Å². The number of hydrogen-bond acceptors (Lipinski definition) is 3. The van der Waals surface area contributed by atoms with Gasteiger partial charge in [0.25, 0.3) is 0 Å². The molecule has 1 atom stereocenters. The Labute approximate surface area is 89.4 Å². The van der Waals surface area contributed by atoms with Crippen LogP contribution in [0.5, 0.6) is 5.75 Å². The maximum atomic E-state index is 8.87. The van der Waals surface area contributed by atoms with E-state index in [1.807, 2.05) is 12.1 Å². The number of rotatable bonds is 1. The molecule has 1 aliphatic carbocycles. The van der Waals surface area contributed by atoms with Crippen molar-refractivity contribution in [2.45, 2.75) is 19.8 Å². The predicted molar refractivity (Wildman–Crippen MR) is 58.8 cm³/mol. The van der Waals surface area contributed by atoms with Gasteiger partial charge in [-0.15, -0.1) is 0 Å². The Kier molecular flexibility index (Phi) is 2.62. The van der Waals surface area contributed by atoms with Crippen molar-refractivity contribution < 1.29 is 9.94 Å². The van der Waals surface area contributed by atoms with Crippen LogP contribution in [-0.2, 0) is 12.8 Å². The van der Waals surface area contributed by atoms with Crippen LogP contribution in [0.25, 0.3) is 0 Å². The summed E-state index contributed by atoms with van der Waals surface area (Å²) in [4.78, 5) is 0. The van der Waals surface area contributed by atoms with Crippen molar-refractivity contribution in [2.75, 3.05) is 7.11 Å². The highest BCUT2D eigenvalue weighted by Gasteiger charge is 2.23. The summed E-state index contributed by atoms with van der Waals surface area (Å²) in [6, 6.07) is 6.02. The highest BCUT2D eigenvalue weighted by atomic mass is 16.5. The fraction of sp³-hybridized carbons (Fsp3) is 0.417. The molecule has 80 valence electrons. The fourth-order valence-corrected chi connectivity index (χ4v) is 2.13. The minimum Gasteiger partial charge on any atom is -0.496 e. The van der Waals surface area contributed by atoms with Crippen molar-refractivity contribution >= 4 is 5.71 Å². The molecule has 0 heterocycles. The molecule has 0 spiro atoms. The summed E-state index contributed by atoms with van der Waals surface area (Å²) >= 11 is 0. The summed E-state index contributed by atoms with van der Waals surface area (Å²) in [7, 11) is 1.69. The van der Waals surface area contributed by atoms with Gasteiger partial charge in [0.1, 0.15) is 5.75 Å². The van der Waals surface area contributed by atoms with Crippen LogP contribution in [0.3, 0.4) is 0 Å². The Morgan fingerprint density at radius 2 is 2.27 bits per heavy atom. The second-order valence-electron chi connectivity index (χ2n) is 3.97. The van der Waals surface area contributed by atoms with E-state index in [1.54, 1.807) is 7.11 Å². The van der Waals surface area contributed by atoms with Gasteiger partial charge in [-0.05, 0) is 23.6 Å². The van der Waals surface area contributed by atoms with Crippen molar-refractivity contribution in [1.29, 1.82) is 0 Å². The monoisotopic (exact) mass is 205 g/mol. The molecule has 0 bridgehead atoms. The SMILES string of the molecule is COc1cccc2c1CC(C)/C(=N\O)C2. The first-order chi connectivity index (χ1) is 7.26. The average Bonchev–Trinajstić information content (AvgIpc) is 2.27. The molecular formula is C12H15NO2.